The van der Waals surface area contributed by atoms with Crippen LogP contribution in [0, 0.1) is 5.92 Å². The zero-order chi connectivity index (χ0) is 17.5. The van der Waals surface area contributed by atoms with Crippen molar-refractivity contribution in [2.45, 2.75) is 40.2 Å². The Balaban J connectivity index is 1.86. The highest BCUT2D eigenvalue weighted by Crippen LogP contribution is 2.24. The van der Waals surface area contributed by atoms with Gasteiger partial charge in [0.05, 0.1) is 6.61 Å². The Morgan fingerprint density at radius 2 is 1.42 bits per heavy atom. The van der Waals surface area contributed by atoms with E-state index in [0.717, 1.165) is 17.1 Å². The molecular weight excluding hydrogens is 300 g/mol. The normalized spacial score (nSPS) is 11.1. The molecule has 0 N–H and O–H groups in total. The number of rotatable bonds is 8. The lowest BCUT2D eigenvalue weighted by Gasteiger charge is -2.10. The van der Waals surface area contributed by atoms with Gasteiger partial charge in [0.1, 0.15) is 18.1 Å². The van der Waals surface area contributed by atoms with Gasteiger partial charge < -0.3 is 9.47 Å². The van der Waals surface area contributed by atoms with Crippen LogP contribution in [0.25, 0.3) is 0 Å². The maximum Gasteiger partial charge on any atom is 0.160 e. The Morgan fingerprint density at radius 1 is 0.875 bits per heavy atom. The third-order valence-electron chi connectivity index (χ3n) is 3.86. The molecule has 0 saturated heterocycles. The van der Waals surface area contributed by atoms with Crippen molar-refractivity contribution in [1.82, 2.24) is 0 Å². The highest BCUT2D eigenvalue weighted by atomic mass is 16.5. The van der Waals surface area contributed by atoms with Crippen molar-refractivity contribution in [2.75, 3.05) is 6.61 Å². The van der Waals surface area contributed by atoms with Crippen LogP contribution in [0.2, 0.25) is 0 Å². The van der Waals surface area contributed by atoms with Gasteiger partial charge in [-0.3, -0.25) is 4.79 Å². The fraction of sp³-hybridized carbons (Fsp3) is 0.381. The highest BCUT2D eigenvalue weighted by Gasteiger charge is 2.07. The Hall–Kier alpha value is -2.13. The van der Waals surface area contributed by atoms with E-state index >= 15 is 0 Å². The molecule has 2 aromatic rings. The Bertz CT molecular complexity index is 640. The summed E-state index contributed by atoms with van der Waals surface area (Å²) < 4.78 is 11.3. The van der Waals surface area contributed by atoms with E-state index in [9.17, 15) is 4.79 Å². The number of hydrogen-bond acceptors (Lipinski definition) is 3. The van der Waals surface area contributed by atoms with Crippen LogP contribution in [-0.4, -0.2) is 12.4 Å². The van der Waals surface area contributed by atoms with E-state index in [0.29, 0.717) is 12.5 Å². The Kier molecular flexibility index (Phi) is 6.56. The smallest absolute Gasteiger partial charge is 0.160 e. The van der Waals surface area contributed by atoms with Crippen LogP contribution in [0.15, 0.2) is 48.5 Å². The minimum absolute atomic E-state index is 0.0165. The SMILES string of the molecule is CC(C)C(=O)COCc1ccc(Oc2ccc(C(C)C)cc2)cc1. The lowest BCUT2D eigenvalue weighted by molar-refractivity contribution is -0.126. The number of carbonyl (C=O) groups excluding carboxylic acids is 1. The van der Waals surface area contributed by atoms with Crippen LogP contribution >= 0.6 is 0 Å². The number of Topliss-reactive ketones (excluding diaryl/α,β-unsaturated/α-hetero) is 1. The minimum atomic E-state index is 0.0165. The van der Waals surface area contributed by atoms with E-state index in [2.05, 4.69) is 26.0 Å². The molecule has 3 heteroatoms. The molecule has 0 aliphatic carbocycles. The molecule has 0 atom stereocenters. The molecule has 0 radical (unpaired) electrons. The van der Waals surface area contributed by atoms with E-state index in [1.807, 2.05) is 50.2 Å². The number of benzene rings is 2. The van der Waals surface area contributed by atoms with Gasteiger partial charge in [-0.05, 0) is 41.3 Å². The first-order valence-corrected chi connectivity index (χ1v) is 8.43. The first-order chi connectivity index (χ1) is 11.5. The largest absolute Gasteiger partial charge is 0.457 e. The average Bonchev–Trinajstić information content (AvgIpc) is 2.56. The zero-order valence-electron chi connectivity index (χ0n) is 14.9. The first kappa shape index (κ1) is 18.2. The van der Waals surface area contributed by atoms with Crippen molar-refractivity contribution in [3.8, 4) is 11.5 Å². The van der Waals surface area contributed by atoms with Gasteiger partial charge in [-0.25, -0.2) is 0 Å². The number of ether oxygens (including phenoxy) is 2. The molecule has 0 spiro atoms. The first-order valence-electron chi connectivity index (χ1n) is 8.43. The summed E-state index contributed by atoms with van der Waals surface area (Å²) in [5.74, 6) is 2.27. The van der Waals surface area contributed by atoms with Crippen LogP contribution < -0.4 is 4.74 Å². The molecule has 0 aliphatic rings. The van der Waals surface area contributed by atoms with Gasteiger partial charge in [-0.15, -0.1) is 0 Å². The van der Waals surface area contributed by atoms with Crippen LogP contribution in [0.1, 0.15) is 44.7 Å². The summed E-state index contributed by atoms with van der Waals surface area (Å²) in [4.78, 5) is 11.5. The maximum atomic E-state index is 11.5. The quantitative estimate of drug-likeness (QED) is 0.656. The molecule has 2 aromatic carbocycles. The van der Waals surface area contributed by atoms with Gasteiger partial charge in [0, 0.05) is 5.92 Å². The number of carbonyl (C=O) groups is 1. The summed E-state index contributed by atoms with van der Waals surface area (Å²) in [5.41, 5.74) is 2.32. The number of hydrogen-bond donors (Lipinski definition) is 0. The third kappa shape index (κ3) is 5.50. The van der Waals surface area contributed by atoms with E-state index in [1.54, 1.807) is 0 Å². The van der Waals surface area contributed by atoms with Gasteiger partial charge in [0.2, 0.25) is 0 Å². The minimum Gasteiger partial charge on any atom is -0.457 e. The fourth-order valence-corrected chi connectivity index (χ4v) is 2.15. The lowest BCUT2D eigenvalue weighted by Crippen LogP contribution is -2.14. The van der Waals surface area contributed by atoms with E-state index < -0.39 is 0 Å². The summed E-state index contributed by atoms with van der Waals surface area (Å²) in [5, 5.41) is 0. The van der Waals surface area contributed by atoms with Crippen molar-refractivity contribution >= 4 is 5.78 Å². The van der Waals surface area contributed by atoms with Crippen molar-refractivity contribution in [3.05, 3.63) is 59.7 Å². The molecule has 24 heavy (non-hydrogen) atoms. The molecule has 0 heterocycles. The van der Waals surface area contributed by atoms with Gasteiger partial charge in [0.15, 0.2) is 5.78 Å². The summed E-state index contributed by atoms with van der Waals surface area (Å²) in [7, 11) is 0. The zero-order valence-corrected chi connectivity index (χ0v) is 14.9. The molecule has 0 unspecified atom stereocenters. The fourth-order valence-electron chi connectivity index (χ4n) is 2.15. The van der Waals surface area contributed by atoms with Crippen molar-refractivity contribution < 1.29 is 14.3 Å². The number of ketones is 1. The second kappa shape index (κ2) is 8.65. The van der Waals surface area contributed by atoms with E-state index in [4.69, 9.17) is 9.47 Å². The topological polar surface area (TPSA) is 35.5 Å². The standard InChI is InChI=1S/C21H26O3/c1-15(2)18-7-11-20(12-8-18)24-19-9-5-17(6-10-19)13-23-14-21(22)16(3)4/h5-12,15-16H,13-14H2,1-4H3. The van der Waals surface area contributed by atoms with Crippen molar-refractivity contribution in [3.63, 3.8) is 0 Å². The van der Waals surface area contributed by atoms with Gasteiger partial charge in [-0.1, -0.05) is 52.0 Å². The predicted octanol–water partition coefficient (Wildman–Crippen LogP) is 5.34. The van der Waals surface area contributed by atoms with Crippen molar-refractivity contribution in [2.24, 2.45) is 5.92 Å². The molecule has 0 bridgehead atoms. The molecule has 2 rings (SSSR count). The maximum absolute atomic E-state index is 11.5. The van der Waals surface area contributed by atoms with E-state index in [1.165, 1.54) is 5.56 Å². The van der Waals surface area contributed by atoms with E-state index in [-0.39, 0.29) is 18.3 Å². The molecule has 0 aliphatic heterocycles. The van der Waals surface area contributed by atoms with Crippen LogP contribution in [0.3, 0.4) is 0 Å². The Labute approximate surface area is 144 Å². The second-order valence-corrected chi connectivity index (χ2v) is 6.58. The summed E-state index contributed by atoms with van der Waals surface area (Å²) >= 11 is 0. The third-order valence-corrected chi connectivity index (χ3v) is 3.86. The molecule has 0 fully saturated rings. The van der Waals surface area contributed by atoms with Gasteiger partial charge in [0.25, 0.3) is 0 Å². The Morgan fingerprint density at radius 3 is 1.92 bits per heavy atom. The van der Waals surface area contributed by atoms with Crippen LogP contribution in [-0.2, 0) is 16.1 Å². The lowest BCUT2D eigenvalue weighted by atomic mass is 10.0. The molecule has 0 aromatic heterocycles. The van der Waals surface area contributed by atoms with Crippen LogP contribution in [0.5, 0.6) is 11.5 Å². The second-order valence-electron chi connectivity index (χ2n) is 6.58. The predicted molar refractivity (Wildman–Crippen MR) is 96.5 cm³/mol. The molecule has 128 valence electrons. The molecular formula is C21H26O3. The van der Waals surface area contributed by atoms with Gasteiger partial charge >= 0.3 is 0 Å². The molecule has 0 saturated carbocycles. The summed E-state index contributed by atoms with van der Waals surface area (Å²) in [6.07, 6.45) is 0. The van der Waals surface area contributed by atoms with Gasteiger partial charge in [-0.2, -0.15) is 0 Å². The average molecular weight is 326 g/mol. The highest BCUT2D eigenvalue weighted by molar-refractivity contribution is 5.81. The summed E-state index contributed by atoms with van der Waals surface area (Å²) in [6, 6.07) is 15.9. The summed E-state index contributed by atoms with van der Waals surface area (Å²) in [6.45, 7) is 8.70. The van der Waals surface area contributed by atoms with Crippen molar-refractivity contribution in [1.29, 1.82) is 0 Å². The molecule has 0 amide bonds. The van der Waals surface area contributed by atoms with Crippen LogP contribution in [0.4, 0.5) is 0 Å². The molecule has 3 nitrogen and oxygen atoms in total. The monoisotopic (exact) mass is 326 g/mol.